The van der Waals surface area contributed by atoms with Crippen LogP contribution in [0.3, 0.4) is 0 Å². The van der Waals surface area contributed by atoms with Crippen molar-refractivity contribution in [3.8, 4) is 44.5 Å². The average Bonchev–Trinajstić information content (AvgIpc) is 4.04. The Balaban J connectivity index is 0.000000153. The molecular weight excluding hydrogens is 959 g/mol. The monoisotopic (exact) mass is 1010 g/mol. The number of rotatable bonds is 6. The first kappa shape index (κ1) is 47.2. The van der Waals surface area contributed by atoms with E-state index in [1.54, 1.807) is 0 Å². The molecule has 0 unspecified atom stereocenters. The van der Waals surface area contributed by atoms with Gasteiger partial charge in [-0.2, -0.15) is 12.1 Å². The first-order valence-corrected chi connectivity index (χ1v) is 31.7. The topological polar surface area (TPSA) is 0 Å². The summed E-state index contributed by atoms with van der Waals surface area (Å²) < 4.78 is 0. The minimum absolute atomic E-state index is 0.826. The molecule has 0 N–H and O–H groups in total. The molecule has 330 valence electrons. The molecule has 0 heterocycles. The van der Waals surface area contributed by atoms with Crippen molar-refractivity contribution >= 4 is 91.2 Å². The van der Waals surface area contributed by atoms with Gasteiger partial charge in [-0.3, -0.25) is 0 Å². The van der Waals surface area contributed by atoms with Crippen LogP contribution in [0.25, 0.3) is 109 Å². The van der Waals surface area contributed by atoms with Crippen LogP contribution in [-0.4, -0.2) is 9.52 Å². The van der Waals surface area contributed by atoms with Crippen molar-refractivity contribution in [1.82, 2.24) is 0 Å². The van der Waals surface area contributed by atoms with Gasteiger partial charge in [0.2, 0.25) is 0 Å². The maximum atomic E-state index is 4.93. The third-order valence-electron chi connectivity index (χ3n) is 13.0. The second-order valence-corrected chi connectivity index (χ2v) is 21.8. The molecule has 0 aromatic heterocycles. The standard InChI is InChI=1S/2C31H23.C2H6Si.2ClH.Zr/c2*1-2-21-19-30-28(26-15-7-11-22-9-3-5-13-24(22)26)17-18-29(31(30)20-21)27-16-8-12-23-10-4-6-14-25(23)27;1-3-2;;;/h2*3-20H,2H2,1H3;1-2H3;2*1H;/q2*-1;;;;+4/p-2. The van der Waals surface area contributed by atoms with Gasteiger partial charge in [0.15, 0.2) is 0 Å². The molecule has 0 saturated carbocycles. The van der Waals surface area contributed by atoms with Gasteiger partial charge >= 0.3 is 37.9 Å². The molecule has 0 bridgehead atoms. The van der Waals surface area contributed by atoms with Crippen LogP contribution in [0.5, 0.6) is 0 Å². The SMILES string of the molecule is CCc1cc2c(-c3cccc4ccccc34)ccc(-c3cccc4ccccc34)c2[cH-]1.CCc1cc2c(-c3cccc4ccccc34)ccc(-c3cccc4ccccc34)c2[cH-]1.C[Si]C.[Cl][Zr+2][Cl]. The van der Waals surface area contributed by atoms with E-state index in [1.165, 1.54) is 120 Å². The fourth-order valence-electron chi connectivity index (χ4n) is 9.91. The molecule has 0 spiro atoms. The molecule has 0 saturated heterocycles. The van der Waals surface area contributed by atoms with Crippen LogP contribution in [0.2, 0.25) is 13.1 Å². The second-order valence-electron chi connectivity index (χ2n) is 17.1. The van der Waals surface area contributed by atoms with Crippen LogP contribution in [0, 0.1) is 0 Å². The minimum atomic E-state index is -0.826. The molecule has 68 heavy (non-hydrogen) atoms. The Labute approximate surface area is 422 Å². The van der Waals surface area contributed by atoms with Gasteiger partial charge < -0.3 is 0 Å². The zero-order chi connectivity index (χ0) is 47.0. The Bertz CT molecular complexity index is 3170. The summed E-state index contributed by atoms with van der Waals surface area (Å²) in [4.78, 5) is 0. The molecule has 0 fully saturated rings. The number of hydrogen-bond donors (Lipinski definition) is 0. The van der Waals surface area contributed by atoms with Gasteiger partial charge in [0.25, 0.3) is 0 Å². The predicted molar refractivity (Wildman–Crippen MR) is 299 cm³/mol. The van der Waals surface area contributed by atoms with Gasteiger partial charge in [-0.25, -0.2) is 0 Å². The van der Waals surface area contributed by atoms with Crippen LogP contribution in [0.1, 0.15) is 25.0 Å². The summed E-state index contributed by atoms with van der Waals surface area (Å²) in [5.74, 6) is 0. The van der Waals surface area contributed by atoms with Crippen molar-refractivity contribution < 1.29 is 20.8 Å². The fourth-order valence-corrected chi connectivity index (χ4v) is 9.91. The Kier molecular flexibility index (Phi) is 15.3. The zero-order valence-corrected chi connectivity index (χ0v) is 43.9. The van der Waals surface area contributed by atoms with E-state index < -0.39 is 20.8 Å². The van der Waals surface area contributed by atoms with Gasteiger partial charge in [0, 0.05) is 9.52 Å². The quantitative estimate of drug-likeness (QED) is 0.115. The van der Waals surface area contributed by atoms with Gasteiger partial charge in [-0.1, -0.05) is 254 Å². The molecule has 0 nitrogen and oxygen atoms in total. The summed E-state index contributed by atoms with van der Waals surface area (Å²) in [6.45, 7) is 8.78. The van der Waals surface area contributed by atoms with E-state index in [9.17, 15) is 0 Å². The number of fused-ring (bicyclic) bond motifs is 6. The van der Waals surface area contributed by atoms with E-state index in [0.717, 1.165) is 22.4 Å². The molecule has 0 aliphatic carbocycles. The van der Waals surface area contributed by atoms with Gasteiger partial charge in [0.05, 0.1) is 0 Å². The summed E-state index contributed by atoms with van der Waals surface area (Å²) in [7, 11) is 11.0. The Morgan fingerprint density at radius 1 is 0.338 bits per heavy atom. The summed E-state index contributed by atoms with van der Waals surface area (Å²) in [5.41, 5.74) is 13.3. The summed E-state index contributed by atoms with van der Waals surface area (Å²) in [6, 6.07) is 80.1. The summed E-state index contributed by atoms with van der Waals surface area (Å²) in [5, 5.41) is 15.8. The molecule has 0 amide bonds. The molecule has 12 aromatic rings. The van der Waals surface area contributed by atoms with Gasteiger partial charge in [0.1, 0.15) is 0 Å². The van der Waals surface area contributed by atoms with Crippen LogP contribution >= 0.6 is 17.0 Å². The summed E-state index contributed by atoms with van der Waals surface area (Å²) >= 11 is -0.826. The van der Waals surface area contributed by atoms with E-state index in [4.69, 9.17) is 17.0 Å². The Morgan fingerprint density at radius 2 is 0.574 bits per heavy atom. The van der Waals surface area contributed by atoms with Crippen LogP contribution in [0.15, 0.2) is 218 Å². The van der Waals surface area contributed by atoms with Crippen LogP contribution in [-0.2, 0) is 33.7 Å². The third kappa shape index (κ3) is 9.58. The van der Waals surface area contributed by atoms with E-state index in [1.807, 2.05) is 0 Å². The molecule has 12 aromatic carbocycles. The molecular formula is C64H52Cl2SiZr. The molecule has 0 aliphatic heterocycles. The van der Waals surface area contributed by atoms with Crippen molar-refractivity contribution in [3.63, 3.8) is 0 Å². The third-order valence-corrected chi connectivity index (χ3v) is 13.0. The van der Waals surface area contributed by atoms with Crippen molar-refractivity contribution in [2.24, 2.45) is 0 Å². The van der Waals surface area contributed by atoms with E-state index >= 15 is 0 Å². The summed E-state index contributed by atoms with van der Waals surface area (Å²) in [6.07, 6.45) is 2.08. The van der Waals surface area contributed by atoms with Crippen LogP contribution in [0.4, 0.5) is 0 Å². The van der Waals surface area contributed by atoms with Crippen molar-refractivity contribution in [1.29, 1.82) is 0 Å². The molecule has 0 atom stereocenters. The van der Waals surface area contributed by atoms with Crippen molar-refractivity contribution in [2.45, 2.75) is 39.8 Å². The first-order valence-electron chi connectivity index (χ1n) is 23.4. The second kappa shape index (κ2) is 22.1. The molecule has 0 aliphatic rings. The predicted octanol–water partition coefficient (Wildman–Crippen LogP) is 19.7. The molecule has 12 rings (SSSR count). The average molecular weight is 1010 g/mol. The Morgan fingerprint density at radius 3 is 0.868 bits per heavy atom. The van der Waals surface area contributed by atoms with Crippen molar-refractivity contribution in [2.75, 3.05) is 0 Å². The van der Waals surface area contributed by atoms with Gasteiger partial charge in [-0.05, 0) is 67.1 Å². The van der Waals surface area contributed by atoms with Crippen LogP contribution < -0.4 is 0 Å². The Hall–Kier alpha value is -5.86. The zero-order valence-electron chi connectivity index (χ0n) is 39.0. The van der Waals surface area contributed by atoms with Crippen molar-refractivity contribution in [3.05, 3.63) is 230 Å². The maximum absolute atomic E-state index is 4.93. The van der Waals surface area contributed by atoms with E-state index in [-0.39, 0.29) is 0 Å². The number of benzene rings is 10. The van der Waals surface area contributed by atoms with Gasteiger partial charge in [-0.15, -0.1) is 44.8 Å². The van der Waals surface area contributed by atoms with E-state index in [0.29, 0.717) is 0 Å². The fraction of sp³-hybridized carbons (Fsp3) is 0.0938. The normalized spacial score (nSPS) is 10.9. The number of hydrogen-bond acceptors (Lipinski definition) is 0. The first-order chi connectivity index (χ1) is 33.5. The number of aryl methyl sites for hydroxylation is 2. The van der Waals surface area contributed by atoms with E-state index in [2.05, 4.69) is 245 Å². The molecule has 4 heteroatoms. The number of halogens is 2. The molecule has 2 radical (unpaired) electrons.